The lowest BCUT2D eigenvalue weighted by atomic mass is 10.1. The molecule has 0 heterocycles. The zero-order chi connectivity index (χ0) is 15.5. The van der Waals surface area contributed by atoms with Crippen molar-refractivity contribution in [2.24, 2.45) is 5.73 Å². The first-order valence-corrected chi connectivity index (χ1v) is 6.55. The predicted octanol–water partition coefficient (Wildman–Crippen LogP) is 1.18. The predicted molar refractivity (Wildman–Crippen MR) is 70.2 cm³/mol. The highest BCUT2D eigenvalue weighted by molar-refractivity contribution is 5.93. The Kier molecular flexibility index (Phi) is 9.10. The molecular formula is C12H22N2O6. The fourth-order valence-electron chi connectivity index (χ4n) is 1.56. The minimum atomic E-state index is -1.32. The number of amides is 2. The van der Waals surface area contributed by atoms with E-state index in [9.17, 15) is 19.5 Å². The van der Waals surface area contributed by atoms with Crippen LogP contribution in [0, 0.1) is 0 Å². The number of carbonyl (C=O) groups is 3. The number of ether oxygens (including phenoxy) is 2. The summed E-state index contributed by atoms with van der Waals surface area (Å²) in [5, 5.41) is 9.19. The van der Waals surface area contributed by atoms with E-state index in [1.807, 2.05) is 0 Å². The monoisotopic (exact) mass is 290 g/mol. The van der Waals surface area contributed by atoms with E-state index >= 15 is 0 Å². The summed E-state index contributed by atoms with van der Waals surface area (Å²) in [7, 11) is 0. The van der Waals surface area contributed by atoms with Gasteiger partial charge in [0.15, 0.2) is 0 Å². The number of nitrogens with zero attached hydrogens (tertiary/aromatic N) is 1. The lowest BCUT2D eigenvalue weighted by molar-refractivity contribution is -0.142. The Balaban J connectivity index is 5.03. The summed E-state index contributed by atoms with van der Waals surface area (Å²) in [5.41, 5.74) is 5.34. The van der Waals surface area contributed by atoms with Crippen molar-refractivity contribution in [3.8, 4) is 0 Å². The van der Waals surface area contributed by atoms with Crippen molar-refractivity contribution in [2.75, 3.05) is 19.8 Å². The van der Waals surface area contributed by atoms with E-state index in [1.54, 1.807) is 13.8 Å². The average molecular weight is 290 g/mol. The van der Waals surface area contributed by atoms with E-state index in [0.29, 0.717) is 24.3 Å². The van der Waals surface area contributed by atoms with E-state index in [2.05, 4.69) is 0 Å². The number of rotatable bonds is 8. The fraction of sp³-hybridized carbons (Fsp3) is 0.750. The summed E-state index contributed by atoms with van der Waals surface area (Å²) < 4.78 is 9.41. The molecule has 0 bridgehead atoms. The number of unbranched alkanes of at least 4 members (excludes halogenated alkanes) is 1. The van der Waals surface area contributed by atoms with Crippen LogP contribution in [0.4, 0.5) is 9.59 Å². The topological polar surface area (TPSA) is 119 Å². The Morgan fingerprint density at radius 2 is 1.60 bits per heavy atom. The number of hydrogen-bond donors (Lipinski definition) is 2. The van der Waals surface area contributed by atoms with Crippen molar-refractivity contribution < 1.29 is 29.0 Å². The second kappa shape index (κ2) is 10.0. The summed E-state index contributed by atoms with van der Waals surface area (Å²) in [6.45, 7) is 3.59. The number of imide groups is 1. The third-order valence-corrected chi connectivity index (χ3v) is 2.46. The summed E-state index contributed by atoms with van der Waals surface area (Å²) in [6.07, 6.45) is -0.867. The lowest BCUT2D eigenvalue weighted by Gasteiger charge is -2.25. The van der Waals surface area contributed by atoms with Gasteiger partial charge in [-0.3, -0.25) is 0 Å². The molecule has 0 rings (SSSR count). The van der Waals surface area contributed by atoms with Crippen molar-refractivity contribution in [1.29, 1.82) is 0 Å². The molecule has 0 saturated carbocycles. The van der Waals surface area contributed by atoms with Crippen LogP contribution in [-0.2, 0) is 14.3 Å². The normalized spacial score (nSPS) is 11.6. The number of carboxylic acid groups (broad SMARTS) is 1. The maximum atomic E-state index is 11.8. The quantitative estimate of drug-likeness (QED) is 0.644. The molecule has 0 aliphatic carbocycles. The van der Waals surface area contributed by atoms with Gasteiger partial charge in [0.05, 0.1) is 13.2 Å². The number of hydrogen-bond acceptors (Lipinski definition) is 6. The van der Waals surface area contributed by atoms with Crippen LogP contribution in [0.3, 0.4) is 0 Å². The molecule has 8 nitrogen and oxygen atoms in total. The Morgan fingerprint density at radius 3 is 1.95 bits per heavy atom. The first-order chi connectivity index (χ1) is 9.49. The van der Waals surface area contributed by atoms with Crippen molar-refractivity contribution in [2.45, 2.75) is 39.2 Å². The highest BCUT2D eigenvalue weighted by Crippen LogP contribution is 2.13. The van der Waals surface area contributed by atoms with Gasteiger partial charge in [0, 0.05) is 0 Å². The van der Waals surface area contributed by atoms with Gasteiger partial charge in [-0.25, -0.2) is 14.4 Å². The van der Waals surface area contributed by atoms with E-state index in [1.165, 1.54) is 0 Å². The average Bonchev–Trinajstić information content (AvgIpc) is 2.38. The summed E-state index contributed by atoms with van der Waals surface area (Å²) in [6, 6.07) is -1.32. The zero-order valence-corrected chi connectivity index (χ0v) is 11.8. The van der Waals surface area contributed by atoms with Crippen LogP contribution in [0.2, 0.25) is 0 Å². The molecule has 0 spiro atoms. The third-order valence-electron chi connectivity index (χ3n) is 2.46. The van der Waals surface area contributed by atoms with Gasteiger partial charge in [-0.2, -0.15) is 4.90 Å². The standard InChI is InChI=1S/C12H22N2O6/c1-3-19-11(17)14(12(18)20-4-2)9(10(15)16)7-5-6-8-13/h9H,3-8,13H2,1-2H3,(H,15,16)/t9-/m0/s1. The van der Waals surface area contributed by atoms with Gasteiger partial charge in [-0.1, -0.05) is 0 Å². The number of carbonyl (C=O) groups excluding carboxylic acids is 2. The number of nitrogens with two attached hydrogens (primary N) is 1. The molecule has 0 aromatic carbocycles. The minimum absolute atomic E-state index is 0.0316. The fourth-order valence-corrected chi connectivity index (χ4v) is 1.56. The van der Waals surface area contributed by atoms with Crippen LogP contribution in [0.15, 0.2) is 0 Å². The van der Waals surface area contributed by atoms with E-state index in [-0.39, 0.29) is 19.6 Å². The van der Waals surface area contributed by atoms with Gasteiger partial charge in [0.1, 0.15) is 6.04 Å². The van der Waals surface area contributed by atoms with Crippen molar-refractivity contribution in [1.82, 2.24) is 4.90 Å². The van der Waals surface area contributed by atoms with Gasteiger partial charge >= 0.3 is 18.2 Å². The van der Waals surface area contributed by atoms with Crippen molar-refractivity contribution in [3.05, 3.63) is 0 Å². The maximum absolute atomic E-state index is 11.8. The van der Waals surface area contributed by atoms with Crippen molar-refractivity contribution in [3.63, 3.8) is 0 Å². The Hall–Kier alpha value is -1.83. The van der Waals surface area contributed by atoms with Gasteiger partial charge in [-0.05, 0) is 39.7 Å². The number of aliphatic carboxylic acids is 1. The van der Waals surface area contributed by atoms with Gasteiger partial charge in [0.2, 0.25) is 0 Å². The summed E-state index contributed by atoms with van der Waals surface area (Å²) in [4.78, 5) is 35.3. The molecule has 0 aromatic heterocycles. The van der Waals surface area contributed by atoms with Crippen LogP contribution < -0.4 is 5.73 Å². The third kappa shape index (κ3) is 5.87. The highest BCUT2D eigenvalue weighted by atomic mass is 16.6. The smallest absolute Gasteiger partial charge is 0.420 e. The largest absolute Gasteiger partial charge is 0.480 e. The molecule has 0 radical (unpaired) electrons. The molecule has 3 N–H and O–H groups in total. The molecule has 0 aliphatic rings. The Bertz CT molecular complexity index is 316. The van der Waals surface area contributed by atoms with E-state index in [0.717, 1.165) is 0 Å². The summed E-state index contributed by atoms with van der Waals surface area (Å²) >= 11 is 0. The maximum Gasteiger partial charge on any atom is 0.420 e. The molecule has 116 valence electrons. The molecule has 2 amide bonds. The van der Waals surface area contributed by atoms with Gasteiger partial charge in [-0.15, -0.1) is 0 Å². The van der Waals surface area contributed by atoms with E-state index in [4.69, 9.17) is 15.2 Å². The van der Waals surface area contributed by atoms with Crippen LogP contribution in [-0.4, -0.2) is 54.0 Å². The Morgan fingerprint density at radius 1 is 1.10 bits per heavy atom. The second-order valence-electron chi connectivity index (χ2n) is 3.91. The molecule has 0 unspecified atom stereocenters. The van der Waals surface area contributed by atoms with Crippen LogP contribution in [0.5, 0.6) is 0 Å². The second-order valence-corrected chi connectivity index (χ2v) is 3.91. The molecular weight excluding hydrogens is 268 g/mol. The summed E-state index contributed by atoms with van der Waals surface area (Å²) in [5.74, 6) is -1.29. The first kappa shape index (κ1) is 18.2. The molecule has 20 heavy (non-hydrogen) atoms. The van der Waals surface area contributed by atoms with Crippen LogP contribution in [0.25, 0.3) is 0 Å². The first-order valence-electron chi connectivity index (χ1n) is 6.55. The van der Waals surface area contributed by atoms with Gasteiger partial charge in [0.25, 0.3) is 0 Å². The van der Waals surface area contributed by atoms with Crippen LogP contribution >= 0.6 is 0 Å². The number of carboxylic acids is 1. The molecule has 1 atom stereocenters. The highest BCUT2D eigenvalue weighted by Gasteiger charge is 2.36. The lowest BCUT2D eigenvalue weighted by Crippen LogP contribution is -2.49. The SMILES string of the molecule is CCOC(=O)N(C(=O)OCC)[C@@H](CCCCN)C(=O)O. The molecule has 0 fully saturated rings. The molecule has 8 heteroatoms. The Labute approximate surface area is 117 Å². The zero-order valence-electron chi connectivity index (χ0n) is 11.8. The van der Waals surface area contributed by atoms with Crippen LogP contribution in [0.1, 0.15) is 33.1 Å². The van der Waals surface area contributed by atoms with Crippen molar-refractivity contribution >= 4 is 18.2 Å². The molecule has 0 aliphatic heterocycles. The minimum Gasteiger partial charge on any atom is -0.480 e. The molecule has 0 saturated heterocycles. The van der Waals surface area contributed by atoms with Gasteiger partial charge < -0.3 is 20.3 Å². The molecule has 0 aromatic rings. The van der Waals surface area contributed by atoms with E-state index < -0.39 is 24.2 Å².